The Kier molecular flexibility index (Phi) is 1.67. The van der Waals surface area contributed by atoms with Crippen LogP contribution in [-0.2, 0) is 0 Å². The Morgan fingerprint density at radius 1 is 1.14 bits per heavy atom. The third-order valence-electron chi connectivity index (χ3n) is 2.03. The molecule has 4 heteroatoms. The molecule has 0 amide bonds. The lowest BCUT2D eigenvalue weighted by molar-refractivity contribution is 1.11. The molecular formula is C10H7N3S. The summed E-state index contributed by atoms with van der Waals surface area (Å²) >= 11 is 1.65. The van der Waals surface area contributed by atoms with E-state index in [-0.39, 0.29) is 0 Å². The topological polar surface area (TPSA) is 37.8 Å². The van der Waals surface area contributed by atoms with E-state index in [9.17, 15) is 0 Å². The summed E-state index contributed by atoms with van der Waals surface area (Å²) in [6.07, 6.45) is 5.44. The minimum Gasteiger partial charge on any atom is -0.352 e. The maximum absolute atomic E-state index is 4.29. The average Bonchev–Trinajstić information content (AvgIpc) is 2.26. The molecule has 0 bridgehead atoms. The zero-order valence-electron chi connectivity index (χ0n) is 7.27. The van der Waals surface area contributed by atoms with E-state index in [1.54, 1.807) is 24.2 Å². The SMILES string of the molecule is c1cnc2c(c1)Nc1ccncc1S2. The first-order valence-corrected chi connectivity index (χ1v) is 5.09. The maximum Gasteiger partial charge on any atom is 0.124 e. The van der Waals surface area contributed by atoms with Crippen molar-refractivity contribution in [2.45, 2.75) is 9.92 Å². The van der Waals surface area contributed by atoms with E-state index in [0.29, 0.717) is 0 Å². The number of fused-ring (bicyclic) bond motifs is 2. The lowest BCUT2D eigenvalue weighted by atomic mass is 10.3. The smallest absolute Gasteiger partial charge is 0.124 e. The molecule has 1 aliphatic rings. The van der Waals surface area contributed by atoms with Gasteiger partial charge in [-0.25, -0.2) is 4.98 Å². The number of hydrogen-bond donors (Lipinski definition) is 1. The lowest BCUT2D eigenvalue weighted by Crippen LogP contribution is -2.00. The van der Waals surface area contributed by atoms with Crippen molar-refractivity contribution in [1.29, 1.82) is 0 Å². The lowest BCUT2D eigenvalue weighted by Gasteiger charge is -2.18. The van der Waals surface area contributed by atoms with E-state index < -0.39 is 0 Å². The first-order chi connectivity index (χ1) is 6.93. The zero-order valence-corrected chi connectivity index (χ0v) is 8.08. The van der Waals surface area contributed by atoms with Crippen molar-refractivity contribution in [3.8, 4) is 0 Å². The van der Waals surface area contributed by atoms with Crippen LogP contribution < -0.4 is 5.32 Å². The molecule has 3 nitrogen and oxygen atoms in total. The molecule has 0 fully saturated rings. The summed E-state index contributed by atoms with van der Waals surface area (Å²) < 4.78 is 0. The fourth-order valence-electron chi connectivity index (χ4n) is 1.38. The van der Waals surface area contributed by atoms with Crippen LogP contribution in [0.4, 0.5) is 11.4 Å². The number of pyridine rings is 2. The van der Waals surface area contributed by atoms with Gasteiger partial charge < -0.3 is 5.32 Å². The molecule has 2 aromatic heterocycles. The van der Waals surface area contributed by atoms with Crippen LogP contribution in [0.25, 0.3) is 0 Å². The van der Waals surface area contributed by atoms with E-state index in [0.717, 1.165) is 21.3 Å². The van der Waals surface area contributed by atoms with Crippen molar-refractivity contribution in [3.05, 3.63) is 36.8 Å². The summed E-state index contributed by atoms with van der Waals surface area (Å²) in [7, 11) is 0. The van der Waals surface area contributed by atoms with Crippen LogP contribution >= 0.6 is 11.8 Å². The van der Waals surface area contributed by atoms with E-state index in [4.69, 9.17) is 0 Å². The van der Waals surface area contributed by atoms with Gasteiger partial charge in [0.2, 0.25) is 0 Å². The summed E-state index contributed by atoms with van der Waals surface area (Å²) in [6, 6.07) is 5.93. The molecule has 3 heterocycles. The van der Waals surface area contributed by atoms with Crippen LogP contribution in [0.1, 0.15) is 0 Å². The van der Waals surface area contributed by atoms with Crippen LogP contribution in [0.2, 0.25) is 0 Å². The fourth-order valence-corrected chi connectivity index (χ4v) is 2.27. The molecular weight excluding hydrogens is 194 g/mol. The Balaban J connectivity index is 2.12. The van der Waals surface area contributed by atoms with E-state index in [1.165, 1.54) is 0 Å². The minimum atomic E-state index is 1.01. The molecule has 14 heavy (non-hydrogen) atoms. The molecule has 0 aliphatic carbocycles. The fraction of sp³-hybridized carbons (Fsp3) is 0. The standard InChI is InChI=1S/C10H7N3S/c1-2-8-10(12-4-1)14-9-6-11-5-3-7(9)13-8/h1-6,13H. The van der Waals surface area contributed by atoms with Gasteiger partial charge in [-0.1, -0.05) is 11.8 Å². The van der Waals surface area contributed by atoms with Crippen molar-refractivity contribution in [2.75, 3.05) is 5.32 Å². The number of rotatable bonds is 0. The number of nitrogens with zero attached hydrogens (tertiary/aromatic N) is 2. The molecule has 1 aliphatic heterocycles. The van der Waals surface area contributed by atoms with Gasteiger partial charge in [-0.3, -0.25) is 4.98 Å². The third kappa shape index (κ3) is 1.15. The van der Waals surface area contributed by atoms with Gasteiger partial charge >= 0.3 is 0 Å². The minimum absolute atomic E-state index is 1.01. The van der Waals surface area contributed by atoms with Crippen LogP contribution in [0.3, 0.4) is 0 Å². The van der Waals surface area contributed by atoms with Crippen molar-refractivity contribution in [3.63, 3.8) is 0 Å². The average molecular weight is 201 g/mol. The molecule has 2 aromatic rings. The Hall–Kier alpha value is -1.55. The van der Waals surface area contributed by atoms with E-state index in [2.05, 4.69) is 15.3 Å². The summed E-state index contributed by atoms with van der Waals surface area (Å²) in [5, 5.41) is 4.32. The van der Waals surface area contributed by atoms with Crippen LogP contribution in [-0.4, -0.2) is 9.97 Å². The van der Waals surface area contributed by atoms with Gasteiger partial charge in [-0.2, -0.15) is 0 Å². The second kappa shape index (κ2) is 2.99. The maximum atomic E-state index is 4.29. The third-order valence-corrected chi connectivity index (χ3v) is 3.10. The van der Waals surface area contributed by atoms with Crippen molar-refractivity contribution in [2.24, 2.45) is 0 Å². The Labute approximate surface area is 85.6 Å². The van der Waals surface area contributed by atoms with Gasteiger partial charge in [-0.05, 0) is 18.2 Å². The monoisotopic (exact) mass is 201 g/mol. The summed E-state index contributed by atoms with van der Waals surface area (Å²) in [4.78, 5) is 9.50. The van der Waals surface area contributed by atoms with Crippen LogP contribution in [0.5, 0.6) is 0 Å². The molecule has 0 radical (unpaired) electrons. The quantitative estimate of drug-likeness (QED) is 0.606. The van der Waals surface area contributed by atoms with Gasteiger partial charge in [0.25, 0.3) is 0 Å². The molecule has 0 aromatic carbocycles. The van der Waals surface area contributed by atoms with Crippen LogP contribution in [0.15, 0.2) is 46.7 Å². The molecule has 0 unspecified atom stereocenters. The number of aromatic nitrogens is 2. The normalized spacial score (nSPS) is 12.6. The number of nitrogens with one attached hydrogen (secondary N) is 1. The summed E-state index contributed by atoms with van der Waals surface area (Å²) in [6.45, 7) is 0. The second-order valence-corrected chi connectivity index (χ2v) is 3.99. The molecule has 68 valence electrons. The molecule has 0 spiro atoms. The molecule has 0 saturated heterocycles. The number of anilines is 2. The summed E-state index contributed by atoms with van der Waals surface area (Å²) in [5.41, 5.74) is 2.17. The van der Waals surface area contributed by atoms with Gasteiger partial charge in [-0.15, -0.1) is 0 Å². The predicted molar refractivity (Wildman–Crippen MR) is 55.9 cm³/mol. The Bertz CT molecular complexity index is 397. The van der Waals surface area contributed by atoms with Crippen molar-refractivity contribution < 1.29 is 0 Å². The van der Waals surface area contributed by atoms with Gasteiger partial charge in [0, 0.05) is 18.6 Å². The van der Waals surface area contributed by atoms with E-state index in [1.807, 2.05) is 24.4 Å². The molecule has 0 saturated carbocycles. The molecule has 0 atom stereocenters. The second-order valence-electron chi connectivity index (χ2n) is 2.96. The first kappa shape index (κ1) is 7.82. The van der Waals surface area contributed by atoms with Gasteiger partial charge in [0.15, 0.2) is 0 Å². The van der Waals surface area contributed by atoms with Gasteiger partial charge in [0.05, 0.1) is 16.3 Å². The zero-order chi connectivity index (χ0) is 9.38. The highest BCUT2D eigenvalue weighted by molar-refractivity contribution is 7.99. The highest BCUT2D eigenvalue weighted by Gasteiger charge is 2.15. The largest absolute Gasteiger partial charge is 0.352 e. The molecule has 3 rings (SSSR count). The molecule has 1 N–H and O–H groups in total. The number of hydrogen-bond acceptors (Lipinski definition) is 4. The van der Waals surface area contributed by atoms with Gasteiger partial charge in [0.1, 0.15) is 5.03 Å². The highest BCUT2D eigenvalue weighted by Crippen LogP contribution is 2.41. The highest BCUT2D eigenvalue weighted by atomic mass is 32.2. The van der Waals surface area contributed by atoms with E-state index >= 15 is 0 Å². The Morgan fingerprint density at radius 2 is 2.14 bits per heavy atom. The van der Waals surface area contributed by atoms with Crippen LogP contribution in [0, 0.1) is 0 Å². The van der Waals surface area contributed by atoms with Crippen molar-refractivity contribution in [1.82, 2.24) is 9.97 Å². The Morgan fingerprint density at radius 3 is 3.14 bits per heavy atom. The summed E-state index contributed by atoms with van der Waals surface area (Å²) in [5.74, 6) is 0. The predicted octanol–water partition coefficient (Wildman–Crippen LogP) is 2.68. The first-order valence-electron chi connectivity index (χ1n) is 4.27. The van der Waals surface area contributed by atoms with Crippen molar-refractivity contribution >= 4 is 23.1 Å².